The Morgan fingerprint density at radius 2 is 1.41 bits per heavy atom. The number of nitrogens with one attached hydrogen (secondary N) is 1. The standard InChI is InChI=1S/C23H22N2O2/c24-15-18-11-13-22(14-12-18)27-17-21(26)16-25-23(19-7-3-1-4-8-19)20-9-5-2-6-10-20/h1-14,21,23,25-26H,16-17H2. The smallest absolute Gasteiger partial charge is 0.119 e. The molecule has 0 saturated carbocycles. The van der Waals surface area contributed by atoms with Gasteiger partial charge in [-0.3, -0.25) is 0 Å². The molecule has 1 unspecified atom stereocenters. The lowest BCUT2D eigenvalue weighted by Gasteiger charge is -2.22. The third-order valence-electron chi connectivity index (χ3n) is 4.25. The highest BCUT2D eigenvalue weighted by Gasteiger charge is 2.15. The minimum atomic E-state index is -0.657. The number of nitriles is 1. The average Bonchev–Trinajstić information content (AvgIpc) is 2.74. The van der Waals surface area contributed by atoms with E-state index in [1.54, 1.807) is 24.3 Å². The molecule has 136 valence electrons. The maximum atomic E-state index is 10.3. The highest BCUT2D eigenvalue weighted by Crippen LogP contribution is 2.21. The van der Waals surface area contributed by atoms with Gasteiger partial charge in [-0.1, -0.05) is 60.7 Å². The predicted octanol–water partition coefficient (Wildman–Crippen LogP) is 3.68. The Hall–Kier alpha value is -3.13. The van der Waals surface area contributed by atoms with Gasteiger partial charge in [0.15, 0.2) is 0 Å². The lowest BCUT2D eigenvalue weighted by atomic mass is 9.98. The zero-order valence-corrected chi connectivity index (χ0v) is 15.0. The number of rotatable bonds is 8. The average molecular weight is 358 g/mol. The van der Waals surface area contributed by atoms with Gasteiger partial charge in [0, 0.05) is 6.54 Å². The number of benzene rings is 3. The van der Waals surface area contributed by atoms with Gasteiger partial charge in [0.25, 0.3) is 0 Å². The number of ether oxygens (including phenoxy) is 1. The molecule has 3 aromatic carbocycles. The van der Waals surface area contributed by atoms with Gasteiger partial charge in [0.05, 0.1) is 17.7 Å². The van der Waals surface area contributed by atoms with E-state index in [1.807, 2.05) is 36.4 Å². The molecule has 0 heterocycles. The molecule has 0 aliphatic heterocycles. The first-order chi connectivity index (χ1) is 13.3. The number of hydrogen-bond acceptors (Lipinski definition) is 4. The number of nitrogens with zero attached hydrogens (tertiary/aromatic N) is 1. The van der Waals surface area contributed by atoms with E-state index in [2.05, 4.69) is 35.7 Å². The van der Waals surface area contributed by atoms with Gasteiger partial charge in [-0.15, -0.1) is 0 Å². The summed E-state index contributed by atoms with van der Waals surface area (Å²) in [5, 5.41) is 22.6. The normalized spacial score (nSPS) is 11.7. The summed E-state index contributed by atoms with van der Waals surface area (Å²) in [5.74, 6) is 0.635. The molecule has 0 aliphatic rings. The zero-order valence-electron chi connectivity index (χ0n) is 15.0. The van der Waals surface area contributed by atoms with Crippen molar-refractivity contribution in [1.29, 1.82) is 5.26 Å². The van der Waals surface area contributed by atoms with Crippen LogP contribution in [0.4, 0.5) is 0 Å². The van der Waals surface area contributed by atoms with Crippen LogP contribution in [0.15, 0.2) is 84.9 Å². The van der Waals surface area contributed by atoms with Crippen molar-refractivity contribution in [2.24, 2.45) is 0 Å². The Balaban J connectivity index is 1.59. The third kappa shape index (κ3) is 5.42. The van der Waals surface area contributed by atoms with Gasteiger partial charge in [0.1, 0.15) is 18.5 Å². The van der Waals surface area contributed by atoms with E-state index in [4.69, 9.17) is 10.00 Å². The lowest BCUT2D eigenvalue weighted by molar-refractivity contribution is 0.105. The molecule has 4 heteroatoms. The number of aliphatic hydroxyl groups excluding tert-OH is 1. The summed E-state index contributed by atoms with van der Waals surface area (Å²) >= 11 is 0. The molecule has 3 rings (SSSR count). The van der Waals surface area contributed by atoms with E-state index in [0.29, 0.717) is 17.9 Å². The summed E-state index contributed by atoms with van der Waals surface area (Å²) in [6.45, 7) is 0.569. The van der Waals surface area contributed by atoms with E-state index in [-0.39, 0.29) is 12.6 Å². The van der Waals surface area contributed by atoms with Crippen LogP contribution in [-0.4, -0.2) is 24.4 Å². The van der Waals surface area contributed by atoms with Gasteiger partial charge in [0.2, 0.25) is 0 Å². The van der Waals surface area contributed by atoms with Crippen LogP contribution in [0.3, 0.4) is 0 Å². The summed E-state index contributed by atoms with van der Waals surface area (Å²) in [6, 6.07) is 29.2. The second-order valence-corrected chi connectivity index (χ2v) is 6.26. The minimum Gasteiger partial charge on any atom is -0.491 e. The van der Waals surface area contributed by atoms with E-state index in [1.165, 1.54) is 0 Å². The van der Waals surface area contributed by atoms with Crippen molar-refractivity contribution in [3.05, 3.63) is 102 Å². The Bertz CT molecular complexity index is 819. The Labute approximate surface area is 159 Å². The molecular formula is C23H22N2O2. The van der Waals surface area contributed by atoms with Gasteiger partial charge in [-0.05, 0) is 35.4 Å². The monoisotopic (exact) mass is 358 g/mol. The molecule has 1 atom stereocenters. The summed E-state index contributed by atoms with van der Waals surface area (Å²) < 4.78 is 5.61. The molecule has 0 bridgehead atoms. The molecule has 2 N–H and O–H groups in total. The first-order valence-corrected chi connectivity index (χ1v) is 8.90. The second-order valence-electron chi connectivity index (χ2n) is 6.26. The Kier molecular flexibility index (Phi) is 6.59. The fraction of sp³-hybridized carbons (Fsp3) is 0.174. The van der Waals surface area contributed by atoms with Crippen LogP contribution in [0.25, 0.3) is 0 Å². The first-order valence-electron chi connectivity index (χ1n) is 8.90. The Morgan fingerprint density at radius 1 is 0.852 bits per heavy atom. The molecular weight excluding hydrogens is 336 g/mol. The van der Waals surface area contributed by atoms with E-state index in [0.717, 1.165) is 11.1 Å². The highest BCUT2D eigenvalue weighted by atomic mass is 16.5. The van der Waals surface area contributed by atoms with Crippen LogP contribution < -0.4 is 10.1 Å². The molecule has 0 aliphatic carbocycles. The molecule has 0 radical (unpaired) electrons. The fourth-order valence-corrected chi connectivity index (χ4v) is 2.85. The van der Waals surface area contributed by atoms with Gasteiger partial charge < -0.3 is 15.2 Å². The van der Waals surface area contributed by atoms with Crippen molar-refractivity contribution in [3.63, 3.8) is 0 Å². The van der Waals surface area contributed by atoms with Crippen LogP contribution >= 0.6 is 0 Å². The lowest BCUT2D eigenvalue weighted by Crippen LogP contribution is -2.34. The summed E-state index contributed by atoms with van der Waals surface area (Å²) in [4.78, 5) is 0. The molecule has 4 nitrogen and oxygen atoms in total. The van der Waals surface area contributed by atoms with Gasteiger partial charge in [-0.2, -0.15) is 5.26 Å². The van der Waals surface area contributed by atoms with E-state index < -0.39 is 6.10 Å². The van der Waals surface area contributed by atoms with Gasteiger partial charge >= 0.3 is 0 Å². The topological polar surface area (TPSA) is 65.3 Å². The molecule has 0 fully saturated rings. The summed E-state index contributed by atoms with van der Waals surface area (Å²) in [7, 11) is 0. The minimum absolute atomic E-state index is 0.00281. The van der Waals surface area contributed by atoms with Crippen LogP contribution in [-0.2, 0) is 0 Å². The van der Waals surface area contributed by atoms with Crippen LogP contribution in [0.2, 0.25) is 0 Å². The van der Waals surface area contributed by atoms with Crippen LogP contribution in [0, 0.1) is 11.3 Å². The van der Waals surface area contributed by atoms with Gasteiger partial charge in [-0.25, -0.2) is 0 Å². The van der Waals surface area contributed by atoms with Crippen molar-refractivity contribution in [3.8, 4) is 11.8 Å². The van der Waals surface area contributed by atoms with Crippen molar-refractivity contribution >= 4 is 0 Å². The first kappa shape index (κ1) is 18.7. The maximum Gasteiger partial charge on any atom is 0.119 e. The van der Waals surface area contributed by atoms with Crippen molar-refractivity contribution < 1.29 is 9.84 Å². The zero-order chi connectivity index (χ0) is 18.9. The molecule has 0 spiro atoms. The molecule has 3 aromatic rings. The molecule has 0 saturated heterocycles. The van der Waals surface area contributed by atoms with Crippen LogP contribution in [0.1, 0.15) is 22.7 Å². The predicted molar refractivity (Wildman–Crippen MR) is 105 cm³/mol. The van der Waals surface area contributed by atoms with Crippen molar-refractivity contribution in [2.45, 2.75) is 12.1 Å². The maximum absolute atomic E-state index is 10.3. The summed E-state index contributed by atoms with van der Waals surface area (Å²) in [6.07, 6.45) is -0.657. The molecule has 0 amide bonds. The summed E-state index contributed by atoms with van der Waals surface area (Å²) in [5.41, 5.74) is 2.87. The third-order valence-corrected chi connectivity index (χ3v) is 4.25. The SMILES string of the molecule is N#Cc1ccc(OCC(O)CNC(c2ccccc2)c2ccccc2)cc1. The fourth-order valence-electron chi connectivity index (χ4n) is 2.85. The molecule has 27 heavy (non-hydrogen) atoms. The highest BCUT2D eigenvalue weighted by molar-refractivity contribution is 5.34. The number of hydrogen-bond donors (Lipinski definition) is 2. The van der Waals surface area contributed by atoms with Crippen LogP contribution in [0.5, 0.6) is 5.75 Å². The van der Waals surface area contributed by atoms with Crippen molar-refractivity contribution in [1.82, 2.24) is 5.32 Å². The second kappa shape index (κ2) is 9.54. The Morgan fingerprint density at radius 3 is 1.93 bits per heavy atom. The number of aliphatic hydroxyl groups is 1. The molecule has 0 aromatic heterocycles. The van der Waals surface area contributed by atoms with Crippen molar-refractivity contribution in [2.75, 3.05) is 13.2 Å². The van der Waals surface area contributed by atoms with E-state index >= 15 is 0 Å². The van der Waals surface area contributed by atoms with E-state index in [9.17, 15) is 5.11 Å². The largest absolute Gasteiger partial charge is 0.491 e. The quantitative estimate of drug-likeness (QED) is 0.645.